The predicted molar refractivity (Wildman–Crippen MR) is 61.2 cm³/mol. The van der Waals surface area contributed by atoms with Crippen LogP contribution in [0.2, 0.25) is 0 Å². The number of carbonyl (C=O) groups is 1. The normalized spacial score (nSPS) is 12.6. The third-order valence-corrected chi connectivity index (χ3v) is 2.90. The molecule has 1 atom stereocenters. The van der Waals surface area contributed by atoms with Crippen molar-refractivity contribution in [2.24, 2.45) is 11.8 Å². The zero-order valence-electron chi connectivity index (χ0n) is 10.4. The molecule has 0 aliphatic rings. The van der Waals surface area contributed by atoms with Gasteiger partial charge in [-0.2, -0.15) is 5.26 Å². The molecule has 0 radical (unpaired) electrons. The van der Waals surface area contributed by atoms with Gasteiger partial charge in [0, 0.05) is 5.56 Å². The second kappa shape index (κ2) is 4.52. The Bertz CT molecular complexity index is 449. The first-order valence-electron chi connectivity index (χ1n) is 5.40. The number of furan rings is 1. The van der Waals surface area contributed by atoms with E-state index in [2.05, 4.69) is 6.07 Å². The second-order valence-corrected chi connectivity index (χ2v) is 4.43. The summed E-state index contributed by atoms with van der Waals surface area (Å²) in [4.78, 5) is 12.2. The van der Waals surface area contributed by atoms with Gasteiger partial charge in [0.1, 0.15) is 17.4 Å². The molecular formula is C13H17NO2. The molecule has 0 aliphatic carbocycles. The van der Waals surface area contributed by atoms with E-state index in [9.17, 15) is 4.79 Å². The maximum atomic E-state index is 12.2. The van der Waals surface area contributed by atoms with Crippen molar-refractivity contribution in [2.75, 3.05) is 0 Å². The number of nitrogens with zero attached hydrogens (tertiary/aromatic N) is 1. The second-order valence-electron chi connectivity index (χ2n) is 4.43. The molecule has 1 unspecified atom stereocenters. The lowest BCUT2D eigenvalue weighted by Gasteiger charge is -2.11. The van der Waals surface area contributed by atoms with E-state index in [1.807, 2.05) is 27.7 Å². The maximum absolute atomic E-state index is 12.2. The van der Waals surface area contributed by atoms with Crippen molar-refractivity contribution in [3.05, 3.63) is 22.6 Å². The van der Waals surface area contributed by atoms with Crippen molar-refractivity contribution in [2.45, 2.75) is 34.6 Å². The van der Waals surface area contributed by atoms with Gasteiger partial charge in [-0.1, -0.05) is 13.8 Å². The van der Waals surface area contributed by atoms with Gasteiger partial charge in [0.05, 0.1) is 11.6 Å². The van der Waals surface area contributed by atoms with Crippen molar-refractivity contribution in [1.82, 2.24) is 0 Å². The van der Waals surface area contributed by atoms with Crippen molar-refractivity contribution >= 4 is 5.78 Å². The summed E-state index contributed by atoms with van der Waals surface area (Å²) in [6.45, 7) is 9.21. The minimum Gasteiger partial charge on any atom is -0.466 e. The highest BCUT2D eigenvalue weighted by Gasteiger charge is 2.28. The fourth-order valence-electron chi connectivity index (χ4n) is 1.82. The Kier molecular flexibility index (Phi) is 3.54. The van der Waals surface area contributed by atoms with Crippen LogP contribution < -0.4 is 0 Å². The van der Waals surface area contributed by atoms with Gasteiger partial charge < -0.3 is 4.42 Å². The van der Waals surface area contributed by atoms with Crippen molar-refractivity contribution in [3.8, 4) is 6.07 Å². The summed E-state index contributed by atoms with van der Waals surface area (Å²) in [5.41, 5.74) is 1.43. The molecule has 0 saturated carbocycles. The van der Waals surface area contributed by atoms with E-state index in [1.54, 1.807) is 6.92 Å². The third kappa shape index (κ3) is 2.01. The number of carbonyl (C=O) groups excluding carboxylic acids is 1. The molecule has 0 amide bonds. The lowest BCUT2D eigenvalue weighted by atomic mass is 9.88. The fourth-order valence-corrected chi connectivity index (χ4v) is 1.82. The fraction of sp³-hybridized carbons (Fsp3) is 0.538. The number of Topliss-reactive ketones (excluding diaryl/α,β-unsaturated/α-hetero) is 1. The topological polar surface area (TPSA) is 54.0 Å². The summed E-state index contributed by atoms with van der Waals surface area (Å²) in [6, 6.07) is 2.07. The molecule has 0 aliphatic heterocycles. The van der Waals surface area contributed by atoms with Crippen LogP contribution in [0.4, 0.5) is 0 Å². The molecule has 0 spiro atoms. The average molecular weight is 219 g/mol. The molecule has 1 aromatic rings. The van der Waals surface area contributed by atoms with Crippen LogP contribution in [0.5, 0.6) is 0 Å². The number of rotatable bonds is 3. The molecule has 0 bridgehead atoms. The zero-order valence-corrected chi connectivity index (χ0v) is 10.4. The average Bonchev–Trinajstić information content (AvgIpc) is 2.41. The molecular weight excluding hydrogens is 202 g/mol. The van der Waals surface area contributed by atoms with Crippen LogP contribution in [0.15, 0.2) is 4.42 Å². The van der Waals surface area contributed by atoms with Gasteiger partial charge in [0.25, 0.3) is 0 Å². The van der Waals surface area contributed by atoms with Crippen LogP contribution in [0.25, 0.3) is 0 Å². The monoisotopic (exact) mass is 219 g/mol. The van der Waals surface area contributed by atoms with Crippen LogP contribution in [0.1, 0.15) is 41.3 Å². The number of aryl methyl sites for hydroxylation is 2. The van der Waals surface area contributed by atoms with Gasteiger partial charge in [0.2, 0.25) is 0 Å². The van der Waals surface area contributed by atoms with Crippen LogP contribution in [0.3, 0.4) is 0 Å². The SMILES string of the molecule is Cc1oc(C)c(C(=O)C(C#N)C(C)C)c1C. The zero-order chi connectivity index (χ0) is 12.5. The van der Waals surface area contributed by atoms with Gasteiger partial charge in [-0.15, -0.1) is 0 Å². The number of hydrogen-bond acceptors (Lipinski definition) is 3. The molecule has 1 rings (SSSR count). The molecule has 0 aromatic carbocycles. The quantitative estimate of drug-likeness (QED) is 0.733. The molecule has 86 valence electrons. The summed E-state index contributed by atoms with van der Waals surface area (Å²) in [7, 11) is 0. The molecule has 1 heterocycles. The largest absolute Gasteiger partial charge is 0.466 e. The van der Waals surface area contributed by atoms with E-state index in [1.165, 1.54) is 0 Å². The van der Waals surface area contributed by atoms with Crippen LogP contribution >= 0.6 is 0 Å². The Hall–Kier alpha value is -1.56. The maximum Gasteiger partial charge on any atom is 0.184 e. The van der Waals surface area contributed by atoms with Crippen molar-refractivity contribution < 1.29 is 9.21 Å². The molecule has 3 nitrogen and oxygen atoms in total. The number of ketones is 1. The minimum atomic E-state index is -0.589. The summed E-state index contributed by atoms with van der Waals surface area (Å²) >= 11 is 0. The summed E-state index contributed by atoms with van der Waals surface area (Å²) in [5.74, 6) is 0.674. The van der Waals surface area contributed by atoms with E-state index in [0.717, 1.165) is 11.3 Å². The first-order chi connectivity index (χ1) is 7.40. The molecule has 0 saturated heterocycles. The van der Waals surface area contributed by atoms with Crippen molar-refractivity contribution in [1.29, 1.82) is 5.26 Å². The molecule has 1 aromatic heterocycles. The molecule has 0 N–H and O–H groups in total. The summed E-state index contributed by atoms with van der Waals surface area (Å²) in [5, 5.41) is 9.02. The minimum absolute atomic E-state index is 0.0199. The highest BCUT2D eigenvalue weighted by atomic mass is 16.3. The highest BCUT2D eigenvalue weighted by Crippen LogP contribution is 2.26. The summed E-state index contributed by atoms with van der Waals surface area (Å²) in [6.07, 6.45) is 0. The van der Waals surface area contributed by atoms with E-state index in [-0.39, 0.29) is 11.7 Å². The molecule has 0 fully saturated rings. The highest BCUT2D eigenvalue weighted by molar-refractivity contribution is 6.01. The van der Waals surface area contributed by atoms with Gasteiger partial charge in [-0.25, -0.2) is 0 Å². The first kappa shape index (κ1) is 12.5. The van der Waals surface area contributed by atoms with Gasteiger partial charge in [0.15, 0.2) is 5.78 Å². The van der Waals surface area contributed by atoms with Crippen molar-refractivity contribution in [3.63, 3.8) is 0 Å². The number of hydrogen-bond donors (Lipinski definition) is 0. The Morgan fingerprint density at radius 3 is 2.12 bits per heavy atom. The third-order valence-electron chi connectivity index (χ3n) is 2.90. The van der Waals surface area contributed by atoms with Gasteiger partial charge in [-0.05, 0) is 26.7 Å². The number of nitriles is 1. The van der Waals surface area contributed by atoms with Crippen LogP contribution in [-0.2, 0) is 0 Å². The Morgan fingerprint density at radius 2 is 1.81 bits per heavy atom. The van der Waals surface area contributed by atoms with Crippen LogP contribution in [-0.4, -0.2) is 5.78 Å². The standard InChI is InChI=1S/C13H17NO2/c1-7(2)11(6-14)13(15)12-8(3)9(4)16-10(12)5/h7,11H,1-5H3. The van der Waals surface area contributed by atoms with Crippen LogP contribution in [0, 0.1) is 43.9 Å². The lowest BCUT2D eigenvalue weighted by Crippen LogP contribution is -2.19. The first-order valence-corrected chi connectivity index (χ1v) is 5.40. The Balaban J connectivity index is 3.20. The Labute approximate surface area is 96.1 Å². The Morgan fingerprint density at radius 1 is 1.25 bits per heavy atom. The summed E-state index contributed by atoms with van der Waals surface area (Å²) < 4.78 is 5.41. The lowest BCUT2D eigenvalue weighted by molar-refractivity contribution is 0.0922. The molecule has 3 heteroatoms. The van der Waals surface area contributed by atoms with E-state index in [0.29, 0.717) is 11.3 Å². The van der Waals surface area contributed by atoms with Gasteiger partial charge >= 0.3 is 0 Å². The molecule has 16 heavy (non-hydrogen) atoms. The van der Waals surface area contributed by atoms with E-state index in [4.69, 9.17) is 9.68 Å². The van der Waals surface area contributed by atoms with Gasteiger partial charge in [-0.3, -0.25) is 4.79 Å². The predicted octanol–water partition coefficient (Wildman–Crippen LogP) is 3.18. The smallest absolute Gasteiger partial charge is 0.184 e. The van der Waals surface area contributed by atoms with E-state index >= 15 is 0 Å². The van der Waals surface area contributed by atoms with E-state index < -0.39 is 5.92 Å².